The highest BCUT2D eigenvalue weighted by molar-refractivity contribution is 5.59. The molecule has 142 valence electrons. The Balaban J connectivity index is 3.11. The van der Waals surface area contributed by atoms with Gasteiger partial charge in [0.1, 0.15) is 0 Å². The molecule has 0 atom stereocenters. The van der Waals surface area contributed by atoms with Gasteiger partial charge in [0.2, 0.25) is 0 Å². The summed E-state index contributed by atoms with van der Waals surface area (Å²) in [4.78, 5) is 11.0. The number of rotatable bonds is 17. The first kappa shape index (κ1) is 23.0. The smallest absolute Gasteiger partial charge is 0.435 e. The first-order valence-electron chi connectivity index (χ1n) is 10.3. The number of hydrogen-bond acceptors (Lipinski definition) is 3. The molecule has 0 N–H and O–H groups in total. The molecule has 0 amide bonds. The number of allylic oxidation sites excluding steroid dienone is 2. The van der Waals surface area contributed by atoms with E-state index < -0.39 is 6.16 Å². The monoisotopic (exact) mass is 340 g/mol. The molecule has 0 saturated heterocycles. The second-order valence-electron chi connectivity index (χ2n) is 6.47. The van der Waals surface area contributed by atoms with Gasteiger partial charge >= 0.3 is 6.16 Å². The van der Waals surface area contributed by atoms with E-state index in [0.29, 0.717) is 13.2 Å². The third-order valence-electron chi connectivity index (χ3n) is 4.14. The van der Waals surface area contributed by atoms with E-state index in [2.05, 4.69) is 19.1 Å². The highest BCUT2D eigenvalue weighted by Crippen LogP contribution is 2.10. The Morgan fingerprint density at radius 2 is 1.17 bits per heavy atom. The Kier molecular flexibility index (Phi) is 19.2. The molecule has 0 aliphatic rings. The van der Waals surface area contributed by atoms with Crippen LogP contribution < -0.4 is 0 Å². The zero-order valence-corrected chi connectivity index (χ0v) is 16.2. The number of hydrogen-bond donors (Lipinski definition) is 0. The molecule has 0 aromatic rings. The molecule has 0 saturated carbocycles. The summed E-state index contributed by atoms with van der Waals surface area (Å²) in [5.41, 5.74) is 0. The van der Waals surface area contributed by atoms with Crippen LogP contribution >= 0.6 is 0 Å². The van der Waals surface area contributed by atoms with Crippen molar-refractivity contribution in [2.45, 2.75) is 104 Å². The molecule has 0 aromatic carbocycles. The number of carbonyl (C=O) groups is 1. The fourth-order valence-corrected chi connectivity index (χ4v) is 2.66. The first-order chi connectivity index (χ1) is 11.8. The minimum Gasteiger partial charge on any atom is -0.435 e. The average Bonchev–Trinajstić information content (AvgIpc) is 2.58. The molecule has 3 heteroatoms. The second kappa shape index (κ2) is 20.1. The lowest BCUT2D eigenvalue weighted by Gasteiger charge is -2.04. The van der Waals surface area contributed by atoms with E-state index >= 15 is 0 Å². The van der Waals surface area contributed by atoms with E-state index in [1.807, 2.05) is 0 Å². The molecule has 0 radical (unpaired) electrons. The summed E-state index contributed by atoms with van der Waals surface area (Å²) in [5.74, 6) is 0. The molecular formula is C21H40O3. The largest absolute Gasteiger partial charge is 0.508 e. The molecule has 0 aliphatic heterocycles. The van der Waals surface area contributed by atoms with E-state index in [9.17, 15) is 4.79 Å². The van der Waals surface area contributed by atoms with Crippen molar-refractivity contribution in [3.8, 4) is 0 Å². The number of ether oxygens (including phenoxy) is 2. The Bertz CT molecular complexity index is 287. The molecule has 24 heavy (non-hydrogen) atoms. The third-order valence-corrected chi connectivity index (χ3v) is 4.14. The maximum absolute atomic E-state index is 11.0. The molecule has 0 rings (SSSR count). The minimum absolute atomic E-state index is 0.381. The Morgan fingerprint density at radius 1 is 0.667 bits per heavy atom. The van der Waals surface area contributed by atoms with Crippen molar-refractivity contribution in [3.05, 3.63) is 12.2 Å². The van der Waals surface area contributed by atoms with E-state index in [1.54, 1.807) is 6.92 Å². The topological polar surface area (TPSA) is 35.5 Å². The first-order valence-corrected chi connectivity index (χ1v) is 10.3. The fourth-order valence-electron chi connectivity index (χ4n) is 2.66. The van der Waals surface area contributed by atoms with Gasteiger partial charge in [0.05, 0.1) is 13.2 Å². The Labute approximate surface area is 150 Å². The van der Waals surface area contributed by atoms with Crippen LogP contribution in [0.15, 0.2) is 12.2 Å². The summed E-state index contributed by atoms with van der Waals surface area (Å²) >= 11 is 0. The summed E-state index contributed by atoms with van der Waals surface area (Å²) in [6.45, 7) is 4.92. The van der Waals surface area contributed by atoms with Crippen LogP contribution in [0.2, 0.25) is 0 Å². The van der Waals surface area contributed by atoms with Gasteiger partial charge in [0.25, 0.3) is 0 Å². The van der Waals surface area contributed by atoms with Crippen molar-refractivity contribution in [2.24, 2.45) is 0 Å². The third kappa shape index (κ3) is 19.1. The summed E-state index contributed by atoms with van der Waals surface area (Å²) < 4.78 is 9.63. The maximum atomic E-state index is 11.0. The van der Waals surface area contributed by atoms with Crippen LogP contribution in [0.25, 0.3) is 0 Å². The predicted octanol–water partition coefficient (Wildman–Crippen LogP) is 7.20. The van der Waals surface area contributed by atoms with Crippen molar-refractivity contribution in [1.82, 2.24) is 0 Å². The van der Waals surface area contributed by atoms with Gasteiger partial charge in [-0.25, -0.2) is 4.79 Å². The van der Waals surface area contributed by atoms with Gasteiger partial charge in [-0.1, -0.05) is 76.9 Å². The Hall–Kier alpha value is -0.990. The molecular weight excluding hydrogens is 300 g/mol. The highest BCUT2D eigenvalue weighted by Gasteiger charge is 2.00. The molecule has 0 aromatic heterocycles. The van der Waals surface area contributed by atoms with Gasteiger partial charge in [-0.05, 0) is 39.0 Å². The van der Waals surface area contributed by atoms with E-state index in [-0.39, 0.29) is 0 Å². The summed E-state index contributed by atoms with van der Waals surface area (Å²) in [6.07, 6.45) is 22.2. The summed E-state index contributed by atoms with van der Waals surface area (Å²) in [6, 6.07) is 0. The minimum atomic E-state index is -0.537. The van der Waals surface area contributed by atoms with Crippen LogP contribution in [0.3, 0.4) is 0 Å². The fraction of sp³-hybridized carbons (Fsp3) is 0.857. The lowest BCUT2D eigenvalue weighted by molar-refractivity contribution is 0.0578. The Morgan fingerprint density at radius 3 is 1.71 bits per heavy atom. The zero-order valence-electron chi connectivity index (χ0n) is 16.2. The van der Waals surface area contributed by atoms with Crippen molar-refractivity contribution in [2.75, 3.05) is 13.2 Å². The molecule has 0 aliphatic carbocycles. The predicted molar refractivity (Wildman–Crippen MR) is 102 cm³/mol. The van der Waals surface area contributed by atoms with E-state index in [1.165, 1.54) is 77.0 Å². The van der Waals surface area contributed by atoms with Crippen LogP contribution in [0.4, 0.5) is 4.79 Å². The summed E-state index contributed by atoms with van der Waals surface area (Å²) in [5, 5.41) is 0. The van der Waals surface area contributed by atoms with Crippen molar-refractivity contribution >= 4 is 6.16 Å². The van der Waals surface area contributed by atoms with Crippen molar-refractivity contribution in [3.63, 3.8) is 0 Å². The molecule has 0 spiro atoms. The highest BCUT2D eigenvalue weighted by atomic mass is 16.7. The van der Waals surface area contributed by atoms with E-state index in [0.717, 1.165) is 12.8 Å². The molecule has 0 unspecified atom stereocenters. The van der Waals surface area contributed by atoms with Gasteiger partial charge in [0.15, 0.2) is 0 Å². The van der Waals surface area contributed by atoms with Crippen LogP contribution in [-0.4, -0.2) is 19.4 Å². The standard InChI is InChI=1S/C21H40O3/c1-3-5-6-7-8-9-10-11-12-13-14-15-16-17-18-19-20-24-21(22)23-4-2/h11-12H,3-10,13-20H2,1-2H3. The lowest BCUT2D eigenvalue weighted by Crippen LogP contribution is -2.07. The average molecular weight is 341 g/mol. The van der Waals surface area contributed by atoms with Crippen LogP contribution in [-0.2, 0) is 9.47 Å². The van der Waals surface area contributed by atoms with Crippen LogP contribution in [0.5, 0.6) is 0 Å². The van der Waals surface area contributed by atoms with Gasteiger partial charge in [-0.3, -0.25) is 0 Å². The number of unbranched alkanes of at least 4 members (excludes halogenated alkanes) is 12. The van der Waals surface area contributed by atoms with Gasteiger partial charge in [-0.15, -0.1) is 0 Å². The quantitative estimate of drug-likeness (QED) is 0.159. The molecule has 0 fully saturated rings. The normalized spacial score (nSPS) is 11.1. The zero-order chi connectivity index (χ0) is 17.7. The van der Waals surface area contributed by atoms with Gasteiger partial charge in [0, 0.05) is 0 Å². The lowest BCUT2D eigenvalue weighted by atomic mass is 10.1. The molecule has 0 heterocycles. The van der Waals surface area contributed by atoms with Crippen molar-refractivity contribution in [1.29, 1.82) is 0 Å². The second-order valence-corrected chi connectivity index (χ2v) is 6.47. The summed E-state index contributed by atoms with van der Waals surface area (Å²) in [7, 11) is 0. The number of carbonyl (C=O) groups excluding carboxylic acids is 1. The van der Waals surface area contributed by atoms with Gasteiger partial charge in [-0.2, -0.15) is 0 Å². The molecule has 3 nitrogen and oxygen atoms in total. The molecule has 0 bridgehead atoms. The maximum Gasteiger partial charge on any atom is 0.508 e. The van der Waals surface area contributed by atoms with E-state index in [4.69, 9.17) is 9.47 Å². The van der Waals surface area contributed by atoms with Crippen LogP contribution in [0, 0.1) is 0 Å². The van der Waals surface area contributed by atoms with Crippen molar-refractivity contribution < 1.29 is 14.3 Å². The SMILES string of the molecule is CCCCCCCCC=CCCCCCCCCOC(=O)OCC. The van der Waals surface area contributed by atoms with Crippen LogP contribution in [0.1, 0.15) is 104 Å². The van der Waals surface area contributed by atoms with Gasteiger partial charge < -0.3 is 9.47 Å².